The van der Waals surface area contributed by atoms with Gasteiger partial charge in [-0.05, 0) is 23.0 Å². The Morgan fingerprint density at radius 1 is 1.04 bits per heavy atom. The van der Waals surface area contributed by atoms with Crippen molar-refractivity contribution in [2.24, 2.45) is 16.5 Å². The van der Waals surface area contributed by atoms with E-state index in [1.807, 2.05) is 12.1 Å². The highest BCUT2D eigenvalue weighted by Crippen LogP contribution is 2.41. The molecule has 0 unspecified atom stereocenters. The summed E-state index contributed by atoms with van der Waals surface area (Å²) in [5.74, 6) is 0.837. The number of benzene rings is 1. The fourth-order valence-corrected chi connectivity index (χ4v) is 2.98. The van der Waals surface area contributed by atoms with Gasteiger partial charge in [0.1, 0.15) is 5.75 Å². The summed E-state index contributed by atoms with van der Waals surface area (Å²) in [4.78, 5) is 8.31. The molecule has 2 aromatic rings. The molecular weight excluding hydrogens is 358 g/mol. The minimum absolute atomic E-state index is 0. The van der Waals surface area contributed by atoms with Gasteiger partial charge in [-0.25, -0.2) is 0 Å². The van der Waals surface area contributed by atoms with Crippen molar-refractivity contribution in [3.05, 3.63) is 23.3 Å². The van der Waals surface area contributed by atoms with Crippen LogP contribution in [-0.4, -0.2) is 20.4 Å². The van der Waals surface area contributed by atoms with Crippen LogP contribution in [0.25, 0.3) is 11.4 Å². The summed E-state index contributed by atoms with van der Waals surface area (Å²) in [5, 5.41) is 11.2. The van der Waals surface area contributed by atoms with Crippen LogP contribution in [0.4, 0.5) is 5.13 Å². The van der Waals surface area contributed by atoms with Crippen LogP contribution in [0.2, 0.25) is 0 Å². The molecule has 138 valence electrons. The Hall–Kier alpha value is -1.86. The lowest BCUT2D eigenvalue weighted by molar-refractivity contribution is 0.423. The van der Waals surface area contributed by atoms with Crippen molar-refractivity contribution in [1.29, 1.82) is 0 Å². The van der Waals surface area contributed by atoms with Crippen molar-refractivity contribution in [2.75, 3.05) is 0 Å². The molecule has 5 N–H and O–H groups in total. The number of hydrogen-bond donors (Lipinski definition) is 3. The average Bonchev–Trinajstić information content (AvgIpc) is 2.83. The van der Waals surface area contributed by atoms with E-state index in [-0.39, 0.29) is 29.2 Å². The summed E-state index contributed by atoms with van der Waals surface area (Å²) in [6.45, 7) is 12.4. The zero-order chi connectivity index (χ0) is 18.3. The molecule has 8 heteroatoms. The zero-order valence-corrected chi connectivity index (χ0v) is 17.0. The second kappa shape index (κ2) is 7.17. The summed E-state index contributed by atoms with van der Waals surface area (Å²) in [7, 11) is 0. The predicted molar refractivity (Wildman–Crippen MR) is 107 cm³/mol. The van der Waals surface area contributed by atoms with Crippen molar-refractivity contribution in [3.8, 4) is 17.1 Å². The molecule has 2 rings (SSSR count). The Labute approximate surface area is 159 Å². The maximum atomic E-state index is 10.8. The van der Waals surface area contributed by atoms with Crippen molar-refractivity contribution in [2.45, 2.75) is 52.4 Å². The molecule has 0 aliphatic rings. The van der Waals surface area contributed by atoms with Gasteiger partial charge < -0.3 is 16.6 Å². The second-order valence-corrected chi connectivity index (χ2v) is 8.59. The molecule has 0 saturated carbocycles. The number of rotatable bonds is 2. The Bertz CT molecular complexity index is 748. The van der Waals surface area contributed by atoms with Crippen molar-refractivity contribution < 1.29 is 5.11 Å². The SMILES string of the molecule is CC(C)(C)c1cc(-c2nsc(N=C(N)N)n2)cc(C(C)(C)C)c1O.Cl. The third-order valence-electron chi connectivity index (χ3n) is 3.62. The summed E-state index contributed by atoms with van der Waals surface area (Å²) in [6, 6.07) is 3.87. The van der Waals surface area contributed by atoms with Gasteiger partial charge in [0.15, 0.2) is 11.8 Å². The molecule has 0 spiro atoms. The molecule has 1 aromatic carbocycles. The highest BCUT2D eigenvalue weighted by atomic mass is 35.5. The molecule has 0 amide bonds. The van der Waals surface area contributed by atoms with Crippen LogP contribution in [0.5, 0.6) is 5.75 Å². The first-order chi connectivity index (χ1) is 10.9. The van der Waals surface area contributed by atoms with Crippen LogP contribution < -0.4 is 11.5 Å². The molecule has 0 bridgehead atoms. The lowest BCUT2D eigenvalue weighted by atomic mass is 9.78. The van der Waals surface area contributed by atoms with Crippen LogP contribution in [0.3, 0.4) is 0 Å². The Morgan fingerprint density at radius 2 is 1.52 bits per heavy atom. The van der Waals surface area contributed by atoms with Gasteiger partial charge >= 0.3 is 0 Å². The minimum atomic E-state index is -0.210. The summed E-state index contributed by atoms with van der Waals surface area (Å²) in [6.07, 6.45) is 0. The number of nitrogens with zero attached hydrogens (tertiary/aromatic N) is 3. The number of phenols is 1. The highest BCUT2D eigenvalue weighted by Gasteiger charge is 2.27. The molecule has 0 aliphatic heterocycles. The summed E-state index contributed by atoms with van der Waals surface area (Å²) >= 11 is 1.13. The Morgan fingerprint density at radius 3 is 1.92 bits per heavy atom. The van der Waals surface area contributed by atoms with Gasteiger partial charge in [0, 0.05) is 28.2 Å². The van der Waals surface area contributed by atoms with Gasteiger partial charge in [0.2, 0.25) is 5.13 Å². The largest absolute Gasteiger partial charge is 0.507 e. The highest BCUT2D eigenvalue weighted by molar-refractivity contribution is 7.09. The number of guanidine groups is 1. The van der Waals surface area contributed by atoms with Gasteiger partial charge in [-0.15, -0.1) is 12.4 Å². The number of aliphatic imine (C=N–C) groups is 1. The molecule has 0 atom stereocenters. The van der Waals surface area contributed by atoms with E-state index < -0.39 is 0 Å². The molecule has 1 aromatic heterocycles. The standard InChI is InChI=1S/C17H25N5OS.ClH/c1-16(2,3)10-7-9(8-11(12(10)23)17(4,5)6)13-20-15(24-22-13)21-14(18)19;/h7-8,23H,1-6H3,(H4,18,19,20,21,22);1H. The van der Waals surface area contributed by atoms with Crippen molar-refractivity contribution in [3.63, 3.8) is 0 Å². The fourth-order valence-electron chi connectivity index (χ4n) is 2.40. The zero-order valence-electron chi connectivity index (χ0n) is 15.4. The van der Waals surface area contributed by atoms with E-state index in [0.29, 0.717) is 16.7 Å². The molecule has 25 heavy (non-hydrogen) atoms. The summed E-state index contributed by atoms with van der Waals surface area (Å²) in [5.41, 5.74) is 12.9. The van der Waals surface area contributed by atoms with E-state index in [9.17, 15) is 5.11 Å². The Kier molecular flexibility index (Phi) is 6.08. The average molecular weight is 384 g/mol. The lowest BCUT2D eigenvalue weighted by Gasteiger charge is -2.27. The van der Waals surface area contributed by atoms with Crippen molar-refractivity contribution >= 4 is 35.0 Å². The van der Waals surface area contributed by atoms with E-state index in [1.54, 1.807) is 0 Å². The number of aromatic hydroxyl groups is 1. The maximum absolute atomic E-state index is 10.8. The second-order valence-electron chi connectivity index (χ2n) is 7.86. The van der Waals surface area contributed by atoms with Crippen LogP contribution in [0, 0.1) is 0 Å². The van der Waals surface area contributed by atoms with Gasteiger partial charge in [-0.1, -0.05) is 41.5 Å². The van der Waals surface area contributed by atoms with Gasteiger partial charge in [0.05, 0.1) is 0 Å². The Balaban J connectivity index is 0.00000312. The van der Waals surface area contributed by atoms with Crippen LogP contribution >= 0.6 is 23.9 Å². The van der Waals surface area contributed by atoms with Gasteiger partial charge in [-0.3, -0.25) is 0 Å². The van der Waals surface area contributed by atoms with Crippen LogP contribution in [0.1, 0.15) is 52.7 Å². The number of nitrogens with two attached hydrogens (primary N) is 2. The first kappa shape index (κ1) is 21.2. The first-order valence-electron chi connectivity index (χ1n) is 7.71. The predicted octanol–water partition coefficient (Wildman–Crippen LogP) is 3.83. The van der Waals surface area contributed by atoms with Crippen LogP contribution in [0.15, 0.2) is 17.1 Å². The number of hydrogen-bond acceptors (Lipinski definition) is 5. The minimum Gasteiger partial charge on any atom is -0.507 e. The van der Waals surface area contributed by atoms with Crippen LogP contribution in [-0.2, 0) is 10.8 Å². The number of aromatic nitrogens is 2. The molecule has 6 nitrogen and oxygen atoms in total. The van der Waals surface area contributed by atoms with Crippen molar-refractivity contribution in [1.82, 2.24) is 9.36 Å². The maximum Gasteiger partial charge on any atom is 0.232 e. The molecule has 0 radical (unpaired) electrons. The number of halogens is 1. The smallest absolute Gasteiger partial charge is 0.232 e. The topological polar surface area (TPSA) is 110 Å². The first-order valence-corrected chi connectivity index (χ1v) is 8.48. The van der Waals surface area contributed by atoms with E-state index >= 15 is 0 Å². The lowest BCUT2D eigenvalue weighted by Crippen LogP contribution is -2.21. The molecule has 0 aliphatic carbocycles. The fraction of sp³-hybridized carbons (Fsp3) is 0.471. The molecule has 0 saturated heterocycles. The quantitative estimate of drug-likeness (QED) is 0.539. The monoisotopic (exact) mass is 383 g/mol. The summed E-state index contributed by atoms with van der Waals surface area (Å²) < 4.78 is 4.35. The molecule has 0 fully saturated rings. The third-order valence-corrected chi connectivity index (χ3v) is 4.23. The number of phenolic OH excluding ortho intramolecular Hbond substituents is 1. The van der Waals surface area contributed by atoms with E-state index in [0.717, 1.165) is 28.2 Å². The molecule has 1 heterocycles. The molecular formula is C17H26ClN5OS. The van der Waals surface area contributed by atoms with E-state index in [2.05, 4.69) is 55.9 Å². The van der Waals surface area contributed by atoms with E-state index in [4.69, 9.17) is 11.5 Å². The van der Waals surface area contributed by atoms with Gasteiger partial charge in [-0.2, -0.15) is 14.3 Å². The van der Waals surface area contributed by atoms with Gasteiger partial charge in [0.25, 0.3) is 0 Å². The normalized spacial score (nSPS) is 11.8. The van der Waals surface area contributed by atoms with E-state index in [1.165, 1.54) is 0 Å². The third kappa shape index (κ3) is 4.83.